The second-order valence-corrected chi connectivity index (χ2v) is 11.2. The van der Waals surface area contributed by atoms with Gasteiger partial charge < -0.3 is 25.2 Å². The summed E-state index contributed by atoms with van der Waals surface area (Å²) in [7, 11) is 4.04. The van der Waals surface area contributed by atoms with Crippen molar-refractivity contribution < 1.29 is 9.53 Å². The zero-order chi connectivity index (χ0) is 25.9. The van der Waals surface area contributed by atoms with Crippen molar-refractivity contribution in [2.45, 2.75) is 70.9 Å². The van der Waals surface area contributed by atoms with E-state index in [9.17, 15) is 4.79 Å². The van der Waals surface area contributed by atoms with Crippen LogP contribution < -0.4 is 15.5 Å². The Bertz CT molecular complexity index is 1050. The summed E-state index contributed by atoms with van der Waals surface area (Å²) < 4.78 is 5.23. The molecule has 196 valence electrons. The van der Waals surface area contributed by atoms with E-state index >= 15 is 0 Å². The quantitative estimate of drug-likeness (QED) is 0.576. The number of hydrogen-bond donors (Lipinski definition) is 2. The Kier molecular flexibility index (Phi) is 7.97. The van der Waals surface area contributed by atoms with E-state index in [0.29, 0.717) is 38.1 Å². The van der Waals surface area contributed by atoms with E-state index in [1.807, 2.05) is 30.8 Å². The molecule has 9 nitrogen and oxygen atoms in total. The zero-order valence-corrected chi connectivity index (χ0v) is 22.6. The number of nitrogens with zero attached hydrogens (tertiary/aromatic N) is 5. The highest BCUT2D eigenvalue weighted by Gasteiger charge is 2.25. The summed E-state index contributed by atoms with van der Waals surface area (Å²) in [4.78, 5) is 30.6. The minimum absolute atomic E-state index is 0.0460. The number of aryl methyl sites for hydroxylation is 1. The van der Waals surface area contributed by atoms with E-state index < -0.39 is 0 Å². The SMILES string of the molecule is Cc1c(CCC(=O)N2CCC(Nc3cc(C(C)(C)C)cc(N(C)C)n3)CC2)ncnc1NC1COC1. The summed E-state index contributed by atoms with van der Waals surface area (Å²) >= 11 is 0. The molecule has 2 aromatic heterocycles. The number of carbonyl (C=O) groups excluding carboxylic acids is 1. The number of pyridine rings is 1. The highest BCUT2D eigenvalue weighted by Crippen LogP contribution is 2.28. The summed E-state index contributed by atoms with van der Waals surface area (Å²) in [5, 5.41) is 7.03. The molecule has 0 unspecified atom stereocenters. The number of likely N-dealkylation sites (tertiary alicyclic amines) is 1. The average Bonchev–Trinajstić information content (AvgIpc) is 2.81. The summed E-state index contributed by atoms with van der Waals surface area (Å²) in [6.07, 6.45) is 4.49. The summed E-state index contributed by atoms with van der Waals surface area (Å²) in [5.41, 5.74) is 3.25. The van der Waals surface area contributed by atoms with Crippen molar-refractivity contribution in [1.29, 1.82) is 0 Å². The van der Waals surface area contributed by atoms with Crippen LogP contribution in [0.1, 0.15) is 56.9 Å². The lowest BCUT2D eigenvalue weighted by atomic mass is 9.87. The fraction of sp³-hybridized carbons (Fsp3) is 0.630. The molecular formula is C27H41N7O2. The predicted molar refractivity (Wildman–Crippen MR) is 144 cm³/mol. The van der Waals surface area contributed by atoms with Gasteiger partial charge in [0.25, 0.3) is 0 Å². The van der Waals surface area contributed by atoms with E-state index in [-0.39, 0.29) is 11.3 Å². The van der Waals surface area contributed by atoms with Crippen molar-refractivity contribution in [3.63, 3.8) is 0 Å². The molecule has 4 heterocycles. The van der Waals surface area contributed by atoms with Gasteiger partial charge in [-0.25, -0.2) is 15.0 Å². The third kappa shape index (κ3) is 6.43. The second-order valence-electron chi connectivity index (χ2n) is 11.2. The van der Waals surface area contributed by atoms with Crippen LogP contribution in [-0.4, -0.2) is 78.2 Å². The maximum absolute atomic E-state index is 13.0. The summed E-state index contributed by atoms with van der Waals surface area (Å²) in [6, 6.07) is 4.94. The van der Waals surface area contributed by atoms with E-state index in [1.54, 1.807) is 6.33 Å². The van der Waals surface area contributed by atoms with E-state index in [2.05, 4.69) is 53.5 Å². The number of rotatable bonds is 8. The minimum atomic E-state index is 0.0460. The van der Waals surface area contributed by atoms with Gasteiger partial charge in [0, 0.05) is 50.9 Å². The molecule has 0 bridgehead atoms. The maximum atomic E-state index is 13.0. The van der Waals surface area contributed by atoms with E-state index in [4.69, 9.17) is 9.72 Å². The van der Waals surface area contributed by atoms with Crippen molar-refractivity contribution in [3.05, 3.63) is 35.3 Å². The Balaban J connectivity index is 1.29. The molecular weight excluding hydrogens is 454 g/mol. The third-order valence-corrected chi connectivity index (χ3v) is 7.08. The van der Waals surface area contributed by atoms with Gasteiger partial charge in [-0.2, -0.15) is 0 Å². The fourth-order valence-corrected chi connectivity index (χ4v) is 4.51. The van der Waals surface area contributed by atoms with Crippen LogP contribution in [-0.2, 0) is 21.4 Å². The second kappa shape index (κ2) is 11.0. The highest BCUT2D eigenvalue weighted by atomic mass is 16.5. The lowest BCUT2D eigenvalue weighted by molar-refractivity contribution is -0.132. The normalized spacial score (nSPS) is 17.0. The third-order valence-electron chi connectivity index (χ3n) is 7.08. The maximum Gasteiger partial charge on any atom is 0.222 e. The van der Waals surface area contributed by atoms with Crippen LogP contribution in [0.2, 0.25) is 0 Å². The van der Waals surface area contributed by atoms with Crippen LogP contribution in [0.5, 0.6) is 0 Å². The number of carbonyl (C=O) groups is 1. The average molecular weight is 496 g/mol. The monoisotopic (exact) mass is 495 g/mol. The number of ether oxygens (including phenoxy) is 1. The van der Waals surface area contributed by atoms with E-state index in [0.717, 1.165) is 54.6 Å². The minimum Gasteiger partial charge on any atom is -0.377 e. The van der Waals surface area contributed by atoms with Gasteiger partial charge in [0.15, 0.2) is 0 Å². The topological polar surface area (TPSA) is 95.5 Å². The van der Waals surface area contributed by atoms with Crippen LogP contribution in [0.25, 0.3) is 0 Å². The molecule has 0 aromatic carbocycles. The van der Waals surface area contributed by atoms with Crippen LogP contribution in [0.15, 0.2) is 18.5 Å². The number of hydrogen-bond acceptors (Lipinski definition) is 8. The van der Waals surface area contributed by atoms with Crippen molar-refractivity contribution in [2.24, 2.45) is 0 Å². The van der Waals surface area contributed by atoms with Crippen LogP contribution >= 0.6 is 0 Å². The molecule has 2 aromatic rings. The first-order valence-electron chi connectivity index (χ1n) is 13.0. The molecule has 4 rings (SSSR count). The molecule has 0 spiro atoms. The largest absolute Gasteiger partial charge is 0.377 e. The number of nitrogens with one attached hydrogen (secondary N) is 2. The van der Waals surface area contributed by atoms with Crippen molar-refractivity contribution in [1.82, 2.24) is 19.9 Å². The number of amides is 1. The zero-order valence-electron chi connectivity index (χ0n) is 22.6. The number of piperidine rings is 1. The Morgan fingerprint density at radius 1 is 1.11 bits per heavy atom. The lowest BCUT2D eigenvalue weighted by Gasteiger charge is -2.33. The van der Waals surface area contributed by atoms with Gasteiger partial charge in [-0.1, -0.05) is 20.8 Å². The Morgan fingerprint density at radius 3 is 2.44 bits per heavy atom. The first kappa shape index (κ1) is 26.1. The Hall–Kier alpha value is -2.94. The first-order valence-corrected chi connectivity index (χ1v) is 13.0. The van der Waals surface area contributed by atoms with Gasteiger partial charge in [-0.3, -0.25) is 4.79 Å². The van der Waals surface area contributed by atoms with Gasteiger partial charge in [-0.05, 0) is 49.3 Å². The van der Waals surface area contributed by atoms with Crippen molar-refractivity contribution >= 4 is 23.4 Å². The molecule has 2 saturated heterocycles. The van der Waals surface area contributed by atoms with Crippen molar-refractivity contribution in [2.75, 3.05) is 55.9 Å². The standard InChI is InChI=1S/C27H41N7O2/c1-18-22(28-17-29-26(18)31-21-15-36-16-21)7-8-25(35)34-11-9-20(10-12-34)30-23-13-19(27(2,3)4)14-24(32-23)33(5)6/h13-14,17,20-21H,7-12,15-16H2,1-6H3,(H,30,32)(H,28,29,31). The van der Waals surface area contributed by atoms with Crippen LogP contribution in [0, 0.1) is 6.92 Å². The Morgan fingerprint density at radius 2 is 1.83 bits per heavy atom. The van der Waals surface area contributed by atoms with Gasteiger partial charge in [0.2, 0.25) is 5.91 Å². The molecule has 2 aliphatic heterocycles. The highest BCUT2D eigenvalue weighted by molar-refractivity contribution is 5.76. The molecule has 9 heteroatoms. The number of aromatic nitrogens is 3. The molecule has 0 saturated carbocycles. The molecule has 2 aliphatic rings. The predicted octanol–water partition coefficient (Wildman–Crippen LogP) is 3.39. The smallest absolute Gasteiger partial charge is 0.222 e. The number of anilines is 3. The first-order chi connectivity index (χ1) is 17.1. The molecule has 2 N–H and O–H groups in total. The lowest BCUT2D eigenvalue weighted by Crippen LogP contribution is -2.42. The molecule has 0 aliphatic carbocycles. The fourth-order valence-electron chi connectivity index (χ4n) is 4.51. The molecule has 36 heavy (non-hydrogen) atoms. The Labute approximate surface area is 215 Å². The van der Waals surface area contributed by atoms with Gasteiger partial charge in [-0.15, -0.1) is 0 Å². The van der Waals surface area contributed by atoms with Gasteiger partial charge >= 0.3 is 0 Å². The van der Waals surface area contributed by atoms with Crippen molar-refractivity contribution in [3.8, 4) is 0 Å². The molecule has 0 atom stereocenters. The molecule has 2 fully saturated rings. The van der Waals surface area contributed by atoms with Gasteiger partial charge in [0.1, 0.15) is 23.8 Å². The van der Waals surface area contributed by atoms with E-state index in [1.165, 1.54) is 5.56 Å². The summed E-state index contributed by atoms with van der Waals surface area (Å²) in [5.74, 6) is 2.90. The van der Waals surface area contributed by atoms with Crippen LogP contribution in [0.3, 0.4) is 0 Å². The van der Waals surface area contributed by atoms with Crippen LogP contribution in [0.4, 0.5) is 17.5 Å². The molecule has 0 radical (unpaired) electrons. The summed E-state index contributed by atoms with van der Waals surface area (Å²) in [6.45, 7) is 11.6. The molecule has 1 amide bonds. The van der Waals surface area contributed by atoms with Gasteiger partial charge in [0.05, 0.1) is 19.3 Å².